The lowest BCUT2D eigenvalue weighted by atomic mass is 10.1. The van der Waals surface area contributed by atoms with Gasteiger partial charge in [0.15, 0.2) is 6.10 Å². The Morgan fingerprint density at radius 3 is 2.56 bits per heavy atom. The summed E-state index contributed by atoms with van der Waals surface area (Å²) in [5.41, 5.74) is 2.21. The van der Waals surface area contributed by atoms with Crippen molar-refractivity contribution in [3.05, 3.63) is 59.7 Å². The molecule has 0 aliphatic heterocycles. The van der Waals surface area contributed by atoms with Crippen molar-refractivity contribution in [3.63, 3.8) is 0 Å². The fourth-order valence-electron chi connectivity index (χ4n) is 2.50. The van der Waals surface area contributed by atoms with Gasteiger partial charge >= 0.3 is 0 Å². The number of para-hydroxylation sites is 1. The Morgan fingerprint density at radius 1 is 1.16 bits per heavy atom. The molecule has 0 spiro atoms. The minimum Gasteiger partial charge on any atom is -0.481 e. The topological polar surface area (TPSA) is 62.1 Å². The first kappa shape index (κ1) is 18.5. The zero-order valence-corrected chi connectivity index (χ0v) is 14.8. The number of amides is 1. The van der Waals surface area contributed by atoms with Crippen molar-refractivity contribution in [1.82, 2.24) is 0 Å². The van der Waals surface area contributed by atoms with Crippen LogP contribution in [0.15, 0.2) is 48.5 Å². The standard InChI is InChI=1S/C21H24N2O2/c1-3-4-5-8-17-11-13-19(14-12-17)25-16(2)21(24)23-20-10-7-6-9-18(20)15-22/h6-7,9-14,16H,3-5,8H2,1-2H3,(H,23,24)/t16-/m1/s1. The van der Waals surface area contributed by atoms with Crippen molar-refractivity contribution in [2.75, 3.05) is 5.32 Å². The van der Waals surface area contributed by atoms with E-state index in [1.807, 2.05) is 24.3 Å². The van der Waals surface area contributed by atoms with E-state index in [9.17, 15) is 4.79 Å². The summed E-state index contributed by atoms with van der Waals surface area (Å²) >= 11 is 0. The minimum atomic E-state index is -0.655. The van der Waals surface area contributed by atoms with E-state index in [-0.39, 0.29) is 5.91 Å². The number of nitriles is 1. The van der Waals surface area contributed by atoms with E-state index in [4.69, 9.17) is 10.00 Å². The van der Waals surface area contributed by atoms with Gasteiger partial charge in [-0.1, -0.05) is 44.0 Å². The molecule has 130 valence electrons. The van der Waals surface area contributed by atoms with Crippen LogP contribution in [-0.2, 0) is 11.2 Å². The molecule has 1 atom stereocenters. The Morgan fingerprint density at radius 2 is 1.88 bits per heavy atom. The number of rotatable bonds is 8. The molecular weight excluding hydrogens is 312 g/mol. The van der Waals surface area contributed by atoms with Gasteiger partial charge in [0.2, 0.25) is 0 Å². The molecule has 0 bridgehead atoms. The number of hydrogen-bond acceptors (Lipinski definition) is 3. The monoisotopic (exact) mass is 336 g/mol. The van der Waals surface area contributed by atoms with Crippen molar-refractivity contribution in [1.29, 1.82) is 5.26 Å². The Labute approximate surface area is 149 Å². The molecule has 0 aromatic heterocycles. The first-order valence-corrected chi connectivity index (χ1v) is 8.69. The van der Waals surface area contributed by atoms with Gasteiger partial charge in [-0.2, -0.15) is 5.26 Å². The maximum Gasteiger partial charge on any atom is 0.265 e. The normalized spacial score (nSPS) is 11.4. The molecule has 0 unspecified atom stereocenters. The highest BCUT2D eigenvalue weighted by atomic mass is 16.5. The van der Waals surface area contributed by atoms with Gasteiger partial charge < -0.3 is 10.1 Å². The van der Waals surface area contributed by atoms with Gasteiger partial charge in [0.1, 0.15) is 11.8 Å². The van der Waals surface area contributed by atoms with Crippen molar-refractivity contribution in [2.45, 2.75) is 45.6 Å². The number of nitrogens with zero attached hydrogens (tertiary/aromatic N) is 1. The SMILES string of the molecule is CCCCCc1ccc(O[C@H](C)C(=O)Nc2ccccc2C#N)cc1. The highest BCUT2D eigenvalue weighted by Crippen LogP contribution is 2.18. The van der Waals surface area contributed by atoms with E-state index < -0.39 is 6.10 Å². The van der Waals surface area contributed by atoms with Crippen LogP contribution in [0.2, 0.25) is 0 Å². The fourth-order valence-corrected chi connectivity index (χ4v) is 2.50. The minimum absolute atomic E-state index is 0.283. The summed E-state index contributed by atoms with van der Waals surface area (Å²) in [6.07, 6.45) is 4.04. The fraction of sp³-hybridized carbons (Fsp3) is 0.333. The zero-order chi connectivity index (χ0) is 18.1. The van der Waals surface area contributed by atoms with E-state index >= 15 is 0 Å². The molecule has 4 heteroatoms. The number of aryl methyl sites for hydroxylation is 1. The van der Waals surface area contributed by atoms with Gasteiger partial charge in [-0.15, -0.1) is 0 Å². The van der Waals surface area contributed by atoms with Gasteiger partial charge in [0, 0.05) is 0 Å². The lowest BCUT2D eigenvalue weighted by Gasteiger charge is -2.15. The molecular formula is C21H24N2O2. The third-order valence-corrected chi connectivity index (χ3v) is 3.98. The second-order valence-corrected chi connectivity index (χ2v) is 6.01. The second kappa shape index (κ2) is 9.48. The molecule has 0 aliphatic rings. The lowest BCUT2D eigenvalue weighted by Crippen LogP contribution is -2.30. The van der Waals surface area contributed by atoms with Crippen LogP contribution in [0.1, 0.15) is 44.2 Å². The summed E-state index contributed by atoms with van der Waals surface area (Å²) in [6.45, 7) is 3.89. The van der Waals surface area contributed by atoms with Gasteiger partial charge in [-0.3, -0.25) is 4.79 Å². The van der Waals surface area contributed by atoms with Crippen LogP contribution in [0.4, 0.5) is 5.69 Å². The van der Waals surface area contributed by atoms with Gasteiger partial charge in [-0.05, 0) is 49.6 Å². The smallest absolute Gasteiger partial charge is 0.265 e. The summed E-state index contributed by atoms with van der Waals surface area (Å²) in [7, 11) is 0. The molecule has 0 heterocycles. The quantitative estimate of drug-likeness (QED) is 0.711. The highest BCUT2D eigenvalue weighted by molar-refractivity contribution is 5.95. The molecule has 25 heavy (non-hydrogen) atoms. The number of anilines is 1. The Bertz CT molecular complexity index is 732. The summed E-state index contributed by atoms with van der Waals surface area (Å²) < 4.78 is 5.71. The predicted octanol–water partition coefficient (Wildman–Crippen LogP) is 4.70. The van der Waals surface area contributed by atoms with Crippen LogP contribution < -0.4 is 10.1 Å². The summed E-state index contributed by atoms with van der Waals surface area (Å²) in [5.74, 6) is 0.380. The average molecular weight is 336 g/mol. The van der Waals surface area contributed by atoms with Crippen LogP contribution in [0, 0.1) is 11.3 Å². The second-order valence-electron chi connectivity index (χ2n) is 6.01. The molecule has 1 amide bonds. The van der Waals surface area contributed by atoms with Crippen LogP contribution in [0.3, 0.4) is 0 Å². The molecule has 2 aromatic carbocycles. The van der Waals surface area contributed by atoms with Crippen molar-refractivity contribution >= 4 is 11.6 Å². The maximum atomic E-state index is 12.3. The van der Waals surface area contributed by atoms with Crippen molar-refractivity contribution in [3.8, 4) is 11.8 Å². The number of benzene rings is 2. The first-order valence-electron chi connectivity index (χ1n) is 8.69. The van der Waals surface area contributed by atoms with E-state index in [2.05, 4.69) is 18.3 Å². The molecule has 0 aliphatic carbocycles. The summed E-state index contributed by atoms with van der Waals surface area (Å²) in [4.78, 5) is 12.3. The van der Waals surface area contributed by atoms with E-state index in [0.29, 0.717) is 17.0 Å². The van der Waals surface area contributed by atoms with Crippen LogP contribution in [0.5, 0.6) is 5.75 Å². The largest absolute Gasteiger partial charge is 0.481 e. The van der Waals surface area contributed by atoms with Crippen molar-refractivity contribution in [2.24, 2.45) is 0 Å². The molecule has 4 nitrogen and oxygen atoms in total. The number of ether oxygens (including phenoxy) is 1. The Hall–Kier alpha value is -2.80. The van der Waals surface area contributed by atoms with Crippen LogP contribution in [-0.4, -0.2) is 12.0 Å². The van der Waals surface area contributed by atoms with Gasteiger partial charge in [0.05, 0.1) is 11.3 Å². The van der Waals surface area contributed by atoms with E-state index in [1.165, 1.54) is 24.8 Å². The number of carbonyl (C=O) groups excluding carboxylic acids is 1. The molecule has 2 rings (SSSR count). The Balaban J connectivity index is 1.91. The average Bonchev–Trinajstić information content (AvgIpc) is 2.63. The van der Waals surface area contributed by atoms with E-state index in [0.717, 1.165) is 6.42 Å². The molecule has 0 radical (unpaired) electrons. The van der Waals surface area contributed by atoms with Crippen LogP contribution in [0.25, 0.3) is 0 Å². The molecule has 0 saturated heterocycles. The molecule has 0 fully saturated rings. The molecule has 2 aromatic rings. The molecule has 0 saturated carbocycles. The summed E-state index contributed by atoms with van der Waals surface area (Å²) in [6, 6.07) is 16.8. The van der Waals surface area contributed by atoms with Crippen molar-refractivity contribution < 1.29 is 9.53 Å². The van der Waals surface area contributed by atoms with Gasteiger partial charge in [-0.25, -0.2) is 0 Å². The van der Waals surface area contributed by atoms with E-state index in [1.54, 1.807) is 31.2 Å². The zero-order valence-electron chi connectivity index (χ0n) is 14.8. The maximum absolute atomic E-state index is 12.3. The first-order chi connectivity index (χ1) is 12.1. The third kappa shape index (κ3) is 5.65. The summed E-state index contributed by atoms with van der Waals surface area (Å²) in [5, 5.41) is 11.8. The Kier molecular flexibility index (Phi) is 7.03. The molecule has 1 N–H and O–H groups in total. The number of carbonyl (C=O) groups is 1. The third-order valence-electron chi connectivity index (χ3n) is 3.98. The van der Waals surface area contributed by atoms with Crippen LogP contribution >= 0.6 is 0 Å². The number of nitrogens with one attached hydrogen (secondary N) is 1. The van der Waals surface area contributed by atoms with Gasteiger partial charge in [0.25, 0.3) is 5.91 Å². The highest BCUT2D eigenvalue weighted by Gasteiger charge is 2.16. The number of hydrogen-bond donors (Lipinski definition) is 1. The lowest BCUT2D eigenvalue weighted by molar-refractivity contribution is -0.122. The number of unbranched alkanes of at least 4 members (excludes halogenated alkanes) is 2. The predicted molar refractivity (Wildman–Crippen MR) is 99.5 cm³/mol.